The summed E-state index contributed by atoms with van der Waals surface area (Å²) < 4.78 is 74.6. The third kappa shape index (κ3) is 4.76. The lowest BCUT2D eigenvalue weighted by Crippen LogP contribution is -2.45. The number of carbonyl (C=O) groups excluding carboxylic acids is 1. The largest absolute Gasteiger partial charge is 0.476 e. The number of esters is 1. The Balaban J connectivity index is 1.44. The maximum Gasteiger partial charge on any atom is 0.460 e. The fourth-order valence-electron chi connectivity index (χ4n) is 4.81. The first kappa shape index (κ1) is 30.0. The lowest BCUT2D eigenvalue weighted by molar-refractivity contribution is -0.156. The molecule has 3 heterocycles. The number of benzene rings is 1. The minimum Gasteiger partial charge on any atom is -0.476 e. The van der Waals surface area contributed by atoms with Gasteiger partial charge in [0.15, 0.2) is 34.8 Å². The lowest BCUT2D eigenvalue weighted by atomic mass is 9.97. The monoisotopic (exact) mass is 612 g/mol. The zero-order valence-electron chi connectivity index (χ0n) is 23.4. The number of nitrogens with zero attached hydrogens (tertiary/aromatic N) is 4. The van der Waals surface area contributed by atoms with Crippen LogP contribution in [0.5, 0.6) is 11.6 Å². The van der Waals surface area contributed by atoms with Gasteiger partial charge < -0.3 is 29.6 Å². The zero-order valence-corrected chi connectivity index (χ0v) is 24.2. The van der Waals surface area contributed by atoms with Gasteiger partial charge in [-0.2, -0.15) is 15.1 Å². The van der Waals surface area contributed by atoms with E-state index in [0.717, 1.165) is 17.8 Å². The molecule has 5 rings (SSSR count). The van der Waals surface area contributed by atoms with Gasteiger partial charge in [0.25, 0.3) is 5.85 Å². The number of para-hydroxylation sites is 1. The van der Waals surface area contributed by atoms with E-state index in [4.69, 9.17) is 29.0 Å². The molecule has 42 heavy (non-hydrogen) atoms. The molecule has 2 aromatic heterocycles. The van der Waals surface area contributed by atoms with Gasteiger partial charge in [0.1, 0.15) is 11.8 Å². The van der Waals surface area contributed by atoms with Crippen LogP contribution < -0.4 is 20.1 Å². The summed E-state index contributed by atoms with van der Waals surface area (Å²) in [5, 5.41) is 13.7. The highest BCUT2D eigenvalue weighted by Crippen LogP contribution is 2.73. The van der Waals surface area contributed by atoms with Gasteiger partial charge in [-0.1, -0.05) is 18.2 Å². The molecule has 4 N–H and O–H groups in total. The molecule has 0 radical (unpaired) electrons. The average Bonchev–Trinajstić information content (AvgIpc) is 3.15. The third-order valence-electron chi connectivity index (χ3n) is 6.86. The molecule has 1 saturated carbocycles. The second-order valence-electron chi connectivity index (χ2n) is 10.3. The number of rotatable bonds is 11. The van der Waals surface area contributed by atoms with E-state index >= 15 is 8.78 Å². The zero-order chi connectivity index (χ0) is 30.7. The summed E-state index contributed by atoms with van der Waals surface area (Å²) in [6.07, 6.45) is -3.33. The first-order chi connectivity index (χ1) is 19.7. The number of imidazole rings is 1. The molecule has 0 bridgehead atoms. The highest BCUT2D eigenvalue weighted by molar-refractivity contribution is 7.52. The van der Waals surface area contributed by atoms with E-state index < -0.39 is 55.3 Å². The quantitative estimate of drug-likeness (QED) is 0.212. The number of nitrogen functional groups attached to an aromatic ring is 1. The number of nitrogens with one attached hydrogen (secondary N) is 1. The van der Waals surface area contributed by atoms with Crippen molar-refractivity contribution < 1.29 is 46.5 Å². The van der Waals surface area contributed by atoms with Gasteiger partial charge in [-0.15, -0.1) is 0 Å². The Hall–Kier alpha value is -3.43. The van der Waals surface area contributed by atoms with Gasteiger partial charge >= 0.3 is 13.7 Å². The van der Waals surface area contributed by atoms with Crippen molar-refractivity contribution >= 4 is 30.8 Å². The first-order valence-corrected chi connectivity index (χ1v) is 14.6. The van der Waals surface area contributed by atoms with E-state index in [1.807, 2.05) is 0 Å². The number of aromatic nitrogens is 4. The second kappa shape index (κ2) is 10.4. The van der Waals surface area contributed by atoms with Crippen molar-refractivity contribution in [3.05, 3.63) is 36.7 Å². The number of anilines is 1. The van der Waals surface area contributed by atoms with Gasteiger partial charge in [-0.05, 0) is 46.8 Å². The van der Waals surface area contributed by atoms with E-state index in [0.29, 0.717) is 0 Å². The van der Waals surface area contributed by atoms with Crippen molar-refractivity contribution in [3.8, 4) is 11.6 Å². The Kier molecular flexibility index (Phi) is 7.43. The molecular weight excluding hydrogens is 581 g/mol. The van der Waals surface area contributed by atoms with E-state index in [2.05, 4.69) is 20.0 Å². The smallest absolute Gasteiger partial charge is 0.460 e. The van der Waals surface area contributed by atoms with Crippen LogP contribution in [0.15, 0.2) is 36.7 Å². The molecule has 17 heteroatoms. The van der Waals surface area contributed by atoms with Gasteiger partial charge in [0.05, 0.1) is 19.0 Å². The summed E-state index contributed by atoms with van der Waals surface area (Å²) in [5.74, 6) is -4.17. The Bertz CT molecular complexity index is 1540. The molecule has 1 saturated heterocycles. The number of hydrogen-bond donors (Lipinski definition) is 3. The highest BCUT2D eigenvalue weighted by atomic mass is 31.2. The van der Waals surface area contributed by atoms with Gasteiger partial charge in [-0.25, -0.2) is 18.3 Å². The highest BCUT2D eigenvalue weighted by Gasteiger charge is 2.96. The van der Waals surface area contributed by atoms with Crippen LogP contribution in [0.25, 0.3) is 11.2 Å². The minimum atomic E-state index is -4.69. The van der Waals surface area contributed by atoms with Crippen molar-refractivity contribution in [1.29, 1.82) is 0 Å². The number of hydrogen-bond acceptors (Lipinski definition) is 12. The van der Waals surface area contributed by atoms with Gasteiger partial charge in [0.2, 0.25) is 11.8 Å². The minimum absolute atomic E-state index is 0.0209. The third-order valence-corrected chi connectivity index (χ3v) is 8.50. The molecular formula is C25H31F2N6O8P. The Morgan fingerprint density at radius 1 is 1.26 bits per heavy atom. The Morgan fingerprint density at radius 2 is 1.95 bits per heavy atom. The number of nitrogens with two attached hydrogens (primary N) is 1. The predicted octanol–water partition coefficient (Wildman–Crippen LogP) is 2.98. The molecule has 2 fully saturated rings. The van der Waals surface area contributed by atoms with Crippen molar-refractivity contribution in [1.82, 2.24) is 24.6 Å². The molecule has 228 valence electrons. The number of fused-ring (bicyclic) bond motifs is 2. The lowest BCUT2D eigenvalue weighted by Gasteiger charge is -2.31. The van der Waals surface area contributed by atoms with E-state index in [1.54, 1.807) is 39.0 Å². The SMILES string of the molecule is CCOc1nc(N)nc2c1ncn2[C@@H]1O[C@]2(F)C(OP(=O)(N[C@@H](C)C(=O)OC(C)C)Oc3ccccc3)[C@]2(O)[C@@]1(C)F. The summed E-state index contributed by atoms with van der Waals surface area (Å²) in [6, 6.07) is 6.41. The topological polar surface area (TPSA) is 182 Å². The van der Waals surface area contributed by atoms with E-state index in [1.165, 1.54) is 19.1 Å². The van der Waals surface area contributed by atoms with Crippen LogP contribution in [0, 0.1) is 0 Å². The van der Waals surface area contributed by atoms with Crippen LogP contribution in [-0.4, -0.2) is 72.6 Å². The van der Waals surface area contributed by atoms with Gasteiger partial charge in [0, 0.05) is 0 Å². The summed E-state index contributed by atoms with van der Waals surface area (Å²) in [7, 11) is -4.69. The molecule has 1 aromatic carbocycles. The van der Waals surface area contributed by atoms with Crippen LogP contribution in [-0.2, 0) is 23.4 Å². The van der Waals surface area contributed by atoms with Crippen LogP contribution in [0.2, 0.25) is 0 Å². The van der Waals surface area contributed by atoms with Crippen molar-refractivity contribution in [2.24, 2.45) is 0 Å². The molecule has 7 atom stereocenters. The maximum absolute atomic E-state index is 16.5. The second-order valence-corrected chi connectivity index (χ2v) is 12.0. The van der Waals surface area contributed by atoms with E-state index in [-0.39, 0.29) is 35.3 Å². The molecule has 0 spiro atoms. The van der Waals surface area contributed by atoms with Crippen molar-refractivity contribution in [2.45, 2.75) is 76.2 Å². The summed E-state index contributed by atoms with van der Waals surface area (Å²) in [5.41, 5.74) is -0.0447. The number of ether oxygens (including phenoxy) is 3. The molecule has 1 aliphatic carbocycles. The standard InChI is InChI=1S/C25H31F2N6O8P/c1-6-37-18-16-17(30-22(28)31-18)33(12-29-16)21-23(5,26)24(35)20(25(24,27)39-21)41-42(36,40-15-10-8-7-9-11-15)32-14(4)19(34)38-13(2)3/h7-14,20-21,35H,6H2,1-5H3,(H,32,36)(H2,28,30,31)/t14-,20?,21+,23-,24-,25+,42?/m0/s1. The molecule has 2 unspecified atom stereocenters. The molecule has 3 aromatic rings. The number of carbonyl (C=O) groups is 1. The molecule has 14 nitrogen and oxygen atoms in total. The van der Waals surface area contributed by atoms with E-state index in [9.17, 15) is 14.5 Å². The Morgan fingerprint density at radius 3 is 2.55 bits per heavy atom. The summed E-state index contributed by atoms with van der Waals surface area (Å²) >= 11 is 0. The average molecular weight is 613 g/mol. The Labute approximate surface area is 239 Å². The molecule has 2 aliphatic rings. The fourth-order valence-corrected chi connectivity index (χ4v) is 6.51. The first-order valence-electron chi connectivity index (χ1n) is 13.1. The fraction of sp³-hybridized carbons (Fsp3) is 0.520. The molecule has 1 aliphatic heterocycles. The van der Waals surface area contributed by atoms with Crippen LogP contribution in [0.3, 0.4) is 0 Å². The molecule has 0 amide bonds. The van der Waals surface area contributed by atoms with Gasteiger partial charge in [-0.3, -0.25) is 13.9 Å². The van der Waals surface area contributed by atoms with Crippen molar-refractivity contribution in [3.63, 3.8) is 0 Å². The number of aliphatic hydroxyl groups is 1. The number of halogens is 2. The summed E-state index contributed by atoms with van der Waals surface area (Å²) in [4.78, 5) is 24.6. The van der Waals surface area contributed by atoms with Crippen molar-refractivity contribution in [2.75, 3.05) is 12.3 Å². The maximum atomic E-state index is 16.5. The van der Waals surface area contributed by atoms with Crippen LogP contribution in [0.4, 0.5) is 14.7 Å². The summed E-state index contributed by atoms with van der Waals surface area (Å²) in [6.45, 7) is 7.37. The van der Waals surface area contributed by atoms with Crippen LogP contribution in [0.1, 0.15) is 40.8 Å². The predicted molar refractivity (Wildman–Crippen MR) is 143 cm³/mol. The van der Waals surface area contributed by atoms with Crippen LogP contribution >= 0.6 is 7.75 Å². The number of alkyl halides is 2. The normalized spacial score (nSPS) is 30.5.